The molecule has 0 aromatic heterocycles. The highest BCUT2D eigenvalue weighted by molar-refractivity contribution is 5.32. The van der Waals surface area contributed by atoms with Crippen LogP contribution >= 0.6 is 0 Å². The van der Waals surface area contributed by atoms with Crippen LogP contribution in [0.4, 0.5) is 0 Å². The first-order valence-electron chi connectivity index (χ1n) is 5.29. The van der Waals surface area contributed by atoms with Crippen LogP contribution in [0.5, 0.6) is 5.75 Å². The molecule has 0 bridgehead atoms. The average Bonchev–Trinajstić information content (AvgIpc) is 2.50. The summed E-state index contributed by atoms with van der Waals surface area (Å²) in [6.45, 7) is 3.28. The first kappa shape index (κ1) is 10.5. The zero-order chi connectivity index (χ0) is 10.9. The molecule has 1 aromatic carbocycles. The van der Waals surface area contributed by atoms with Gasteiger partial charge in [-0.25, -0.2) is 0 Å². The maximum absolute atomic E-state index is 10.1. The number of β-amino-alcohol motifs (C(OH)–C–C–N with tert-alkyl or cyclic N) is 1. The molecule has 82 valence electrons. The monoisotopic (exact) mass is 207 g/mol. The van der Waals surface area contributed by atoms with Crippen LogP contribution in [0.3, 0.4) is 0 Å². The van der Waals surface area contributed by atoms with E-state index in [1.807, 2.05) is 25.1 Å². The Morgan fingerprint density at radius 3 is 2.80 bits per heavy atom. The summed E-state index contributed by atoms with van der Waals surface area (Å²) in [6, 6.07) is 7.31. The molecule has 3 N–H and O–H groups in total. The van der Waals surface area contributed by atoms with Crippen molar-refractivity contribution in [2.45, 2.75) is 18.9 Å². The van der Waals surface area contributed by atoms with E-state index >= 15 is 0 Å². The molecule has 2 rings (SSSR count). The molecule has 0 radical (unpaired) electrons. The number of rotatable bonds is 2. The van der Waals surface area contributed by atoms with Gasteiger partial charge in [-0.05, 0) is 25.0 Å². The fourth-order valence-corrected chi connectivity index (χ4v) is 2.10. The Labute approximate surface area is 89.8 Å². The Morgan fingerprint density at radius 1 is 1.47 bits per heavy atom. The maximum Gasteiger partial charge on any atom is 0.118 e. The standard InChI is InChI=1S/C12H17NO2/c1-12(15)8-13-7-10(12)6-9-4-2-3-5-11(9)14/h2-5,10,13-15H,6-8H2,1H3. The number of para-hydroxylation sites is 1. The van der Waals surface area contributed by atoms with Gasteiger partial charge in [-0.1, -0.05) is 18.2 Å². The first-order chi connectivity index (χ1) is 7.09. The van der Waals surface area contributed by atoms with Gasteiger partial charge in [0.1, 0.15) is 5.75 Å². The molecular formula is C12H17NO2. The minimum Gasteiger partial charge on any atom is -0.508 e. The molecule has 0 saturated carbocycles. The Balaban J connectivity index is 2.12. The molecule has 1 fully saturated rings. The van der Waals surface area contributed by atoms with Crippen molar-refractivity contribution in [1.82, 2.24) is 5.32 Å². The predicted octanol–water partition coefficient (Wildman–Crippen LogP) is 0.905. The maximum atomic E-state index is 10.1. The summed E-state index contributed by atoms with van der Waals surface area (Å²) in [5.74, 6) is 0.492. The largest absolute Gasteiger partial charge is 0.508 e. The van der Waals surface area contributed by atoms with Gasteiger partial charge in [0.2, 0.25) is 0 Å². The summed E-state index contributed by atoms with van der Waals surface area (Å²) in [7, 11) is 0. The first-order valence-corrected chi connectivity index (χ1v) is 5.29. The minimum absolute atomic E-state index is 0.172. The van der Waals surface area contributed by atoms with Gasteiger partial charge in [0, 0.05) is 19.0 Å². The highest BCUT2D eigenvalue weighted by Crippen LogP contribution is 2.28. The highest BCUT2D eigenvalue weighted by Gasteiger charge is 2.36. The number of nitrogens with one attached hydrogen (secondary N) is 1. The van der Waals surface area contributed by atoms with E-state index in [0.29, 0.717) is 18.7 Å². The molecule has 1 aliphatic heterocycles. The third kappa shape index (κ3) is 2.13. The molecule has 3 heteroatoms. The van der Waals surface area contributed by atoms with Crippen LogP contribution in [-0.4, -0.2) is 28.9 Å². The van der Waals surface area contributed by atoms with Gasteiger partial charge in [-0.3, -0.25) is 0 Å². The van der Waals surface area contributed by atoms with Crippen LogP contribution in [0.2, 0.25) is 0 Å². The number of phenolic OH excluding ortho intramolecular Hbond substituents is 1. The van der Waals surface area contributed by atoms with Crippen LogP contribution in [0, 0.1) is 5.92 Å². The van der Waals surface area contributed by atoms with Crippen LogP contribution in [0.15, 0.2) is 24.3 Å². The van der Waals surface area contributed by atoms with E-state index in [2.05, 4.69) is 5.32 Å². The number of benzene rings is 1. The molecule has 2 atom stereocenters. The lowest BCUT2D eigenvalue weighted by molar-refractivity contribution is 0.0362. The summed E-state index contributed by atoms with van der Waals surface area (Å²) >= 11 is 0. The number of hydrogen-bond donors (Lipinski definition) is 3. The van der Waals surface area contributed by atoms with E-state index in [4.69, 9.17) is 0 Å². The zero-order valence-corrected chi connectivity index (χ0v) is 8.90. The fraction of sp³-hybridized carbons (Fsp3) is 0.500. The Kier molecular flexibility index (Phi) is 2.67. The van der Waals surface area contributed by atoms with Crippen LogP contribution in [-0.2, 0) is 6.42 Å². The summed E-state index contributed by atoms with van der Waals surface area (Å²) in [5.41, 5.74) is 0.244. The lowest BCUT2D eigenvalue weighted by atomic mass is 9.87. The molecule has 1 saturated heterocycles. The van der Waals surface area contributed by atoms with Gasteiger partial charge in [0.25, 0.3) is 0 Å². The molecule has 15 heavy (non-hydrogen) atoms. The van der Waals surface area contributed by atoms with E-state index in [0.717, 1.165) is 12.1 Å². The second-order valence-corrected chi connectivity index (χ2v) is 4.52. The lowest BCUT2D eigenvalue weighted by Gasteiger charge is -2.24. The third-order valence-electron chi connectivity index (χ3n) is 3.21. The van der Waals surface area contributed by atoms with Gasteiger partial charge in [-0.15, -0.1) is 0 Å². The topological polar surface area (TPSA) is 52.5 Å². The summed E-state index contributed by atoms with van der Waals surface area (Å²) < 4.78 is 0. The number of hydrogen-bond acceptors (Lipinski definition) is 3. The van der Waals surface area contributed by atoms with Crippen LogP contribution in [0.1, 0.15) is 12.5 Å². The second-order valence-electron chi connectivity index (χ2n) is 4.52. The van der Waals surface area contributed by atoms with Crippen LogP contribution in [0.25, 0.3) is 0 Å². The molecule has 1 aromatic rings. The van der Waals surface area contributed by atoms with Crippen molar-refractivity contribution in [2.24, 2.45) is 5.92 Å². The summed E-state index contributed by atoms with van der Waals surface area (Å²) in [6.07, 6.45) is 0.715. The molecule has 1 heterocycles. The van der Waals surface area contributed by atoms with Gasteiger partial charge in [-0.2, -0.15) is 0 Å². The lowest BCUT2D eigenvalue weighted by Crippen LogP contribution is -2.34. The Hall–Kier alpha value is -1.06. The molecule has 0 aliphatic carbocycles. The number of aromatic hydroxyl groups is 1. The third-order valence-corrected chi connectivity index (χ3v) is 3.21. The van der Waals surface area contributed by atoms with Crippen LogP contribution < -0.4 is 5.32 Å². The van der Waals surface area contributed by atoms with Crippen molar-refractivity contribution in [1.29, 1.82) is 0 Å². The number of phenols is 1. The zero-order valence-electron chi connectivity index (χ0n) is 8.90. The van der Waals surface area contributed by atoms with Gasteiger partial charge in [0.05, 0.1) is 5.60 Å². The van der Waals surface area contributed by atoms with E-state index in [-0.39, 0.29) is 5.92 Å². The quantitative estimate of drug-likeness (QED) is 0.675. The molecule has 2 unspecified atom stereocenters. The Morgan fingerprint density at radius 2 is 2.20 bits per heavy atom. The van der Waals surface area contributed by atoms with Gasteiger partial charge < -0.3 is 15.5 Å². The van der Waals surface area contributed by atoms with Crippen molar-refractivity contribution >= 4 is 0 Å². The Bertz CT molecular complexity index is 349. The van der Waals surface area contributed by atoms with Crippen molar-refractivity contribution in [2.75, 3.05) is 13.1 Å². The highest BCUT2D eigenvalue weighted by atomic mass is 16.3. The summed E-state index contributed by atoms with van der Waals surface area (Å²) in [5, 5.41) is 22.9. The van der Waals surface area contributed by atoms with E-state index < -0.39 is 5.60 Å². The smallest absolute Gasteiger partial charge is 0.118 e. The van der Waals surface area contributed by atoms with Crippen molar-refractivity contribution in [3.8, 4) is 5.75 Å². The SMILES string of the molecule is CC1(O)CNCC1Cc1ccccc1O. The molecular weight excluding hydrogens is 190 g/mol. The number of aliphatic hydroxyl groups is 1. The molecule has 0 spiro atoms. The van der Waals surface area contributed by atoms with Gasteiger partial charge >= 0.3 is 0 Å². The second kappa shape index (κ2) is 3.83. The van der Waals surface area contributed by atoms with E-state index in [1.165, 1.54) is 0 Å². The minimum atomic E-state index is -0.664. The van der Waals surface area contributed by atoms with E-state index in [1.54, 1.807) is 6.07 Å². The molecule has 3 nitrogen and oxygen atoms in total. The molecule has 0 amide bonds. The van der Waals surface area contributed by atoms with E-state index in [9.17, 15) is 10.2 Å². The van der Waals surface area contributed by atoms with Crippen molar-refractivity contribution < 1.29 is 10.2 Å². The van der Waals surface area contributed by atoms with Crippen molar-refractivity contribution in [3.63, 3.8) is 0 Å². The fourth-order valence-electron chi connectivity index (χ4n) is 2.10. The van der Waals surface area contributed by atoms with Crippen molar-refractivity contribution in [3.05, 3.63) is 29.8 Å². The average molecular weight is 207 g/mol. The van der Waals surface area contributed by atoms with Gasteiger partial charge in [0.15, 0.2) is 0 Å². The summed E-state index contributed by atoms with van der Waals surface area (Å²) in [4.78, 5) is 0. The normalized spacial score (nSPS) is 30.7. The predicted molar refractivity (Wildman–Crippen MR) is 58.8 cm³/mol. The molecule has 1 aliphatic rings.